The molecule has 2 aliphatic heterocycles. The number of phenols is 1. The maximum atomic E-state index is 10.6. The molecule has 1 N–H and O–H groups in total. The summed E-state index contributed by atoms with van der Waals surface area (Å²) >= 11 is 16.4. The Bertz CT molecular complexity index is 1460. The van der Waals surface area contributed by atoms with E-state index in [4.69, 9.17) is 33.0 Å². The quantitative estimate of drug-likeness (QED) is 0.282. The molecule has 0 fully saturated rings. The number of hydrogen-bond acceptors (Lipinski definition) is 4. The van der Waals surface area contributed by atoms with Crippen molar-refractivity contribution in [3.63, 3.8) is 0 Å². The minimum absolute atomic E-state index is 0.129. The third-order valence-electron chi connectivity index (χ3n) is 6.15. The van der Waals surface area contributed by atoms with Gasteiger partial charge < -0.3 is 9.84 Å². The molecule has 4 aromatic rings. The molecule has 0 saturated heterocycles. The van der Waals surface area contributed by atoms with Crippen LogP contribution in [0.25, 0.3) is 10.8 Å². The van der Waals surface area contributed by atoms with Crippen LogP contribution in [0.1, 0.15) is 35.4 Å². The van der Waals surface area contributed by atoms with Crippen molar-refractivity contribution in [3.05, 3.63) is 104 Å². The van der Waals surface area contributed by atoms with Gasteiger partial charge in [-0.25, -0.2) is 5.01 Å². The molecule has 2 atom stereocenters. The van der Waals surface area contributed by atoms with E-state index < -0.39 is 6.23 Å². The van der Waals surface area contributed by atoms with Gasteiger partial charge in [-0.2, -0.15) is 5.10 Å². The molecule has 2 aliphatic rings. The Hall–Kier alpha value is -2.73. The average Bonchev–Trinajstić information content (AvgIpc) is 3.26. The second kappa shape index (κ2) is 7.94. The van der Waals surface area contributed by atoms with Crippen LogP contribution in [0.5, 0.6) is 11.5 Å². The topological polar surface area (TPSA) is 45.1 Å². The highest BCUT2D eigenvalue weighted by Gasteiger charge is 2.43. The van der Waals surface area contributed by atoms with Crippen molar-refractivity contribution in [2.24, 2.45) is 5.10 Å². The van der Waals surface area contributed by atoms with Gasteiger partial charge >= 0.3 is 0 Å². The van der Waals surface area contributed by atoms with Crippen LogP contribution in [0.2, 0.25) is 10.0 Å². The fourth-order valence-electron chi connectivity index (χ4n) is 4.59. The third-order valence-corrected chi connectivity index (χ3v) is 7.14. The first-order valence-electron chi connectivity index (χ1n) is 10.5. The fraction of sp³-hybridized carbons (Fsp3) is 0.115. The first-order chi connectivity index (χ1) is 16.0. The molecule has 0 amide bonds. The Morgan fingerprint density at radius 1 is 0.939 bits per heavy atom. The van der Waals surface area contributed by atoms with Gasteiger partial charge in [0.2, 0.25) is 6.23 Å². The van der Waals surface area contributed by atoms with Crippen molar-refractivity contribution >= 4 is 55.6 Å². The number of benzene rings is 4. The van der Waals surface area contributed by atoms with Crippen molar-refractivity contribution in [2.75, 3.05) is 0 Å². The zero-order valence-electron chi connectivity index (χ0n) is 17.2. The molecular formula is C26H17BrCl2N2O2. The molecule has 2 heterocycles. The smallest absolute Gasteiger partial charge is 0.217 e. The van der Waals surface area contributed by atoms with Gasteiger partial charge in [-0.05, 0) is 52.7 Å². The van der Waals surface area contributed by atoms with E-state index in [0.717, 1.165) is 26.7 Å². The van der Waals surface area contributed by atoms with Crippen LogP contribution in [-0.2, 0) is 0 Å². The highest BCUT2D eigenvalue weighted by molar-refractivity contribution is 9.10. The number of hydrazone groups is 1. The molecule has 0 unspecified atom stereocenters. The summed E-state index contributed by atoms with van der Waals surface area (Å²) in [4.78, 5) is 0. The summed E-state index contributed by atoms with van der Waals surface area (Å²) in [5.74, 6) is 0.700. The van der Waals surface area contributed by atoms with E-state index in [-0.39, 0.29) is 11.8 Å². The van der Waals surface area contributed by atoms with Gasteiger partial charge in [0.15, 0.2) is 0 Å². The van der Waals surface area contributed by atoms with E-state index in [1.54, 1.807) is 18.2 Å². The lowest BCUT2D eigenvalue weighted by molar-refractivity contribution is -0.0202. The number of halogens is 3. The van der Waals surface area contributed by atoms with Crippen LogP contribution in [0.15, 0.2) is 82.4 Å². The standard InChI is InChI=1S/C26H17BrCl2N2O2/c27-17-7-8-24(32)20(10-17)26-31-23(19-11-18(28)12-21(29)25(19)33-26)13-22(30-31)16-6-5-14-3-1-2-4-15(14)9-16/h1-12,23,26,32H,13H2/t23-,26+/m1/s1. The zero-order valence-corrected chi connectivity index (χ0v) is 20.3. The minimum Gasteiger partial charge on any atom is -0.507 e. The molecule has 164 valence electrons. The van der Waals surface area contributed by atoms with Gasteiger partial charge in [-0.1, -0.05) is 75.5 Å². The second-order valence-corrected chi connectivity index (χ2v) is 9.95. The first-order valence-corrected chi connectivity index (χ1v) is 12.0. The Morgan fingerprint density at radius 2 is 1.76 bits per heavy atom. The summed E-state index contributed by atoms with van der Waals surface area (Å²) in [5.41, 5.74) is 3.49. The van der Waals surface area contributed by atoms with E-state index in [0.29, 0.717) is 27.8 Å². The van der Waals surface area contributed by atoms with E-state index >= 15 is 0 Å². The maximum Gasteiger partial charge on any atom is 0.217 e. The van der Waals surface area contributed by atoms with Crippen molar-refractivity contribution in [1.29, 1.82) is 0 Å². The number of nitrogens with zero attached hydrogens (tertiary/aromatic N) is 2. The highest BCUT2D eigenvalue weighted by Crippen LogP contribution is 2.52. The van der Waals surface area contributed by atoms with Crippen LogP contribution < -0.4 is 4.74 Å². The predicted octanol–water partition coefficient (Wildman–Crippen LogP) is 7.86. The van der Waals surface area contributed by atoms with Crippen molar-refractivity contribution in [2.45, 2.75) is 18.7 Å². The molecule has 33 heavy (non-hydrogen) atoms. The summed E-state index contributed by atoms with van der Waals surface area (Å²) in [6.07, 6.45) is 0.0213. The monoisotopic (exact) mass is 538 g/mol. The Balaban J connectivity index is 1.50. The summed E-state index contributed by atoms with van der Waals surface area (Å²) in [6.45, 7) is 0. The van der Waals surface area contributed by atoms with E-state index in [9.17, 15) is 5.11 Å². The lowest BCUT2D eigenvalue weighted by Crippen LogP contribution is -2.34. The van der Waals surface area contributed by atoms with Crippen LogP contribution in [0, 0.1) is 0 Å². The summed E-state index contributed by atoms with van der Waals surface area (Å²) in [6, 6.07) is 23.3. The predicted molar refractivity (Wildman–Crippen MR) is 135 cm³/mol. The van der Waals surface area contributed by atoms with Gasteiger partial charge in [0.25, 0.3) is 0 Å². The highest BCUT2D eigenvalue weighted by atomic mass is 79.9. The van der Waals surface area contributed by atoms with Crippen LogP contribution in [-0.4, -0.2) is 15.8 Å². The zero-order chi connectivity index (χ0) is 22.7. The van der Waals surface area contributed by atoms with Crippen LogP contribution >= 0.6 is 39.1 Å². The van der Waals surface area contributed by atoms with E-state index in [1.165, 1.54) is 5.39 Å². The molecule has 6 rings (SSSR count). The van der Waals surface area contributed by atoms with Gasteiger partial charge in [-0.15, -0.1) is 0 Å². The first kappa shape index (κ1) is 20.8. The molecule has 0 saturated carbocycles. The molecule has 4 aromatic carbocycles. The maximum absolute atomic E-state index is 10.6. The molecule has 4 nitrogen and oxygen atoms in total. The number of hydrogen-bond donors (Lipinski definition) is 1. The van der Waals surface area contributed by atoms with Crippen LogP contribution in [0.4, 0.5) is 0 Å². The normalized spacial score (nSPS) is 19.1. The van der Waals surface area contributed by atoms with Gasteiger partial charge in [0, 0.05) is 21.5 Å². The van der Waals surface area contributed by atoms with Crippen molar-refractivity contribution in [1.82, 2.24) is 5.01 Å². The number of ether oxygens (including phenoxy) is 1. The number of aromatic hydroxyl groups is 1. The van der Waals surface area contributed by atoms with E-state index in [1.807, 2.05) is 29.3 Å². The van der Waals surface area contributed by atoms with Gasteiger partial charge in [0.05, 0.1) is 22.3 Å². The Kier molecular flexibility index (Phi) is 5.02. The molecule has 0 bridgehead atoms. The largest absolute Gasteiger partial charge is 0.507 e. The van der Waals surface area contributed by atoms with Crippen molar-refractivity contribution in [3.8, 4) is 11.5 Å². The SMILES string of the molecule is Oc1ccc(Br)cc1[C@@H]1Oc2c(Cl)cc(Cl)cc2[C@H]2CC(c3ccc4ccccc4c3)=NN21. The van der Waals surface area contributed by atoms with Gasteiger partial charge in [0.1, 0.15) is 11.5 Å². The van der Waals surface area contributed by atoms with Crippen molar-refractivity contribution < 1.29 is 9.84 Å². The Morgan fingerprint density at radius 3 is 2.61 bits per heavy atom. The lowest BCUT2D eigenvalue weighted by Gasteiger charge is -2.38. The Labute approximate surface area is 209 Å². The third kappa shape index (κ3) is 3.55. The number of fused-ring (bicyclic) bond motifs is 4. The molecule has 0 aromatic heterocycles. The van der Waals surface area contributed by atoms with Gasteiger partial charge in [-0.3, -0.25) is 0 Å². The number of rotatable bonds is 2. The molecule has 7 heteroatoms. The summed E-state index contributed by atoms with van der Waals surface area (Å²) in [7, 11) is 0. The molecule has 0 spiro atoms. The fourth-order valence-corrected chi connectivity index (χ4v) is 5.52. The summed E-state index contributed by atoms with van der Waals surface area (Å²) in [5, 5.41) is 20.9. The second-order valence-electron chi connectivity index (χ2n) is 8.19. The van der Waals surface area contributed by atoms with Crippen LogP contribution in [0.3, 0.4) is 0 Å². The minimum atomic E-state index is -0.642. The molecular weight excluding hydrogens is 523 g/mol. The summed E-state index contributed by atoms with van der Waals surface area (Å²) < 4.78 is 7.19. The lowest BCUT2D eigenvalue weighted by atomic mass is 9.95. The van der Waals surface area contributed by atoms with E-state index in [2.05, 4.69) is 46.3 Å². The number of phenolic OH excluding ortho intramolecular Hbond substituents is 1. The molecule has 0 aliphatic carbocycles. The average molecular weight is 540 g/mol. The molecule has 0 radical (unpaired) electrons.